The average Bonchev–Trinajstić information content (AvgIpc) is 3.07. The molecule has 32 heavy (non-hydrogen) atoms. The molecule has 2 N–H and O–H groups in total. The molecule has 0 saturated heterocycles. The van der Waals surface area contributed by atoms with Crippen LogP contribution in [0.1, 0.15) is 86.9 Å². The van der Waals surface area contributed by atoms with E-state index in [-0.39, 0.29) is 34.9 Å². The molecule has 1 fully saturated rings. The van der Waals surface area contributed by atoms with E-state index in [1.807, 2.05) is 6.92 Å². The smallest absolute Gasteiger partial charge is 0.261 e. The Morgan fingerprint density at radius 2 is 1.66 bits per heavy atom. The Bertz CT molecular complexity index is 1070. The van der Waals surface area contributed by atoms with Gasteiger partial charge < -0.3 is 10.6 Å². The van der Waals surface area contributed by atoms with Crippen LogP contribution in [-0.4, -0.2) is 41.1 Å². The highest BCUT2D eigenvalue weighted by Gasteiger charge is 2.40. The van der Waals surface area contributed by atoms with E-state index in [2.05, 4.69) is 10.6 Å². The summed E-state index contributed by atoms with van der Waals surface area (Å²) < 4.78 is 0. The van der Waals surface area contributed by atoms with Gasteiger partial charge in [-0.05, 0) is 49.6 Å². The van der Waals surface area contributed by atoms with Crippen LogP contribution in [0.15, 0.2) is 42.5 Å². The van der Waals surface area contributed by atoms with E-state index >= 15 is 0 Å². The van der Waals surface area contributed by atoms with Crippen LogP contribution in [0.5, 0.6) is 0 Å². The predicted octanol–water partition coefficient (Wildman–Crippen LogP) is 4.01. The number of anilines is 1. The van der Waals surface area contributed by atoms with Gasteiger partial charge in [-0.25, -0.2) is 0 Å². The number of carbonyl (C=O) groups is 4. The summed E-state index contributed by atoms with van der Waals surface area (Å²) in [6.45, 7) is 2.50. The van der Waals surface area contributed by atoms with Gasteiger partial charge in [-0.2, -0.15) is 0 Å². The maximum Gasteiger partial charge on any atom is 0.261 e. The zero-order chi connectivity index (χ0) is 22.7. The largest absolute Gasteiger partial charge is 0.352 e. The van der Waals surface area contributed by atoms with Crippen molar-refractivity contribution >= 4 is 29.3 Å². The van der Waals surface area contributed by atoms with Crippen molar-refractivity contribution in [1.29, 1.82) is 0 Å². The number of carbonyl (C=O) groups excluding carboxylic acids is 4. The fourth-order valence-electron chi connectivity index (χ4n) is 4.39. The highest BCUT2D eigenvalue weighted by molar-refractivity contribution is 6.22. The third kappa shape index (κ3) is 4.15. The molecule has 0 atom stereocenters. The molecule has 1 heterocycles. The van der Waals surface area contributed by atoms with Crippen molar-refractivity contribution in [2.24, 2.45) is 0 Å². The minimum absolute atomic E-state index is 0.0677. The van der Waals surface area contributed by atoms with E-state index in [0.29, 0.717) is 23.4 Å². The van der Waals surface area contributed by atoms with Gasteiger partial charge in [-0.1, -0.05) is 38.3 Å². The van der Waals surface area contributed by atoms with Crippen LogP contribution in [0, 0.1) is 0 Å². The van der Waals surface area contributed by atoms with Gasteiger partial charge in [0.2, 0.25) is 0 Å². The topological polar surface area (TPSA) is 95.6 Å². The molecule has 4 amide bonds. The lowest BCUT2D eigenvalue weighted by Crippen LogP contribution is -2.40. The normalized spacial score (nSPS) is 16.1. The third-order valence-electron chi connectivity index (χ3n) is 6.08. The Balaban J connectivity index is 1.54. The summed E-state index contributed by atoms with van der Waals surface area (Å²) >= 11 is 0. The molecule has 2 aromatic carbocycles. The fraction of sp³-hybridized carbons (Fsp3) is 0.360. The first-order chi connectivity index (χ1) is 15.5. The van der Waals surface area contributed by atoms with Crippen molar-refractivity contribution in [3.63, 3.8) is 0 Å². The zero-order valence-electron chi connectivity index (χ0n) is 18.1. The van der Waals surface area contributed by atoms with Crippen LogP contribution < -0.4 is 10.6 Å². The summed E-state index contributed by atoms with van der Waals surface area (Å²) in [5.74, 6) is -1.31. The molecule has 166 valence electrons. The monoisotopic (exact) mass is 433 g/mol. The van der Waals surface area contributed by atoms with Crippen molar-refractivity contribution in [3.05, 3.63) is 64.7 Å². The predicted molar refractivity (Wildman–Crippen MR) is 121 cm³/mol. The lowest BCUT2D eigenvalue weighted by atomic mass is 9.94. The van der Waals surface area contributed by atoms with Gasteiger partial charge in [-0.3, -0.25) is 24.1 Å². The van der Waals surface area contributed by atoms with Crippen LogP contribution >= 0.6 is 0 Å². The first-order valence-corrected chi connectivity index (χ1v) is 11.2. The average molecular weight is 434 g/mol. The number of imide groups is 1. The number of benzene rings is 2. The van der Waals surface area contributed by atoms with E-state index in [0.717, 1.165) is 38.5 Å². The van der Waals surface area contributed by atoms with Gasteiger partial charge in [-0.15, -0.1) is 0 Å². The minimum atomic E-state index is -0.445. The molecule has 4 rings (SSSR count). The molecule has 1 aliphatic carbocycles. The van der Waals surface area contributed by atoms with Crippen LogP contribution in [0.25, 0.3) is 0 Å². The van der Waals surface area contributed by atoms with Crippen molar-refractivity contribution < 1.29 is 19.2 Å². The number of fused-ring (bicyclic) bond motifs is 1. The first-order valence-electron chi connectivity index (χ1n) is 11.2. The summed E-state index contributed by atoms with van der Waals surface area (Å²) in [5, 5.41) is 5.57. The molecule has 0 aromatic heterocycles. The van der Waals surface area contributed by atoms with Crippen LogP contribution in [0.2, 0.25) is 0 Å². The third-order valence-corrected chi connectivity index (χ3v) is 6.08. The van der Waals surface area contributed by atoms with Crippen LogP contribution in [-0.2, 0) is 0 Å². The Kier molecular flexibility index (Phi) is 6.35. The number of nitrogens with one attached hydrogen (secondary N) is 2. The second kappa shape index (κ2) is 9.34. The fourth-order valence-corrected chi connectivity index (χ4v) is 4.39. The standard InChI is InChI=1S/C25H27N3O4/c1-2-14-26-23(30)19-10-6-7-11-21(19)27-22(29)16-12-13-18-20(15-16)25(32)28(24(18)31)17-8-4-3-5-9-17/h6-7,10-13,15,17H,2-5,8-9,14H2,1H3,(H,26,30)(H,27,29). The summed E-state index contributed by atoms with van der Waals surface area (Å²) in [4.78, 5) is 52.6. The van der Waals surface area contributed by atoms with Crippen LogP contribution in [0.4, 0.5) is 5.69 Å². The van der Waals surface area contributed by atoms with Crippen molar-refractivity contribution in [3.8, 4) is 0 Å². The number of nitrogens with zero attached hydrogens (tertiary/aromatic N) is 1. The highest BCUT2D eigenvalue weighted by atomic mass is 16.2. The molecule has 2 aromatic rings. The Morgan fingerprint density at radius 1 is 0.938 bits per heavy atom. The number of amides is 4. The molecule has 7 heteroatoms. The van der Waals surface area contributed by atoms with E-state index in [4.69, 9.17) is 0 Å². The van der Waals surface area contributed by atoms with Crippen molar-refractivity contribution in [2.45, 2.75) is 51.5 Å². The molecule has 2 aliphatic rings. The maximum atomic E-state index is 13.0. The molecular weight excluding hydrogens is 406 g/mol. The minimum Gasteiger partial charge on any atom is -0.352 e. The van der Waals surface area contributed by atoms with Crippen LogP contribution in [0.3, 0.4) is 0 Å². The van der Waals surface area contributed by atoms with E-state index in [1.165, 1.54) is 11.0 Å². The Hall–Kier alpha value is -3.48. The van der Waals surface area contributed by atoms with Gasteiger partial charge >= 0.3 is 0 Å². The molecule has 7 nitrogen and oxygen atoms in total. The summed E-state index contributed by atoms with van der Waals surface area (Å²) in [6.07, 6.45) is 5.61. The number of hydrogen-bond donors (Lipinski definition) is 2. The van der Waals surface area contributed by atoms with Gasteiger partial charge in [0.05, 0.1) is 22.4 Å². The maximum absolute atomic E-state index is 13.0. The zero-order valence-corrected chi connectivity index (χ0v) is 18.1. The highest BCUT2D eigenvalue weighted by Crippen LogP contribution is 2.31. The molecule has 0 unspecified atom stereocenters. The number of rotatable bonds is 6. The molecule has 0 spiro atoms. The van der Waals surface area contributed by atoms with Gasteiger partial charge in [0, 0.05) is 18.2 Å². The lowest BCUT2D eigenvalue weighted by Gasteiger charge is -2.29. The van der Waals surface area contributed by atoms with E-state index < -0.39 is 5.91 Å². The second-order valence-electron chi connectivity index (χ2n) is 8.29. The molecule has 1 saturated carbocycles. The molecular formula is C25H27N3O4. The summed E-state index contributed by atoms with van der Waals surface area (Å²) in [5.41, 5.74) is 1.63. The number of para-hydroxylation sites is 1. The summed E-state index contributed by atoms with van der Waals surface area (Å²) in [6, 6.07) is 11.3. The summed E-state index contributed by atoms with van der Waals surface area (Å²) in [7, 11) is 0. The quantitative estimate of drug-likeness (QED) is 0.673. The Morgan fingerprint density at radius 3 is 2.41 bits per heavy atom. The molecule has 1 aliphatic heterocycles. The van der Waals surface area contributed by atoms with Gasteiger partial charge in [0.1, 0.15) is 0 Å². The van der Waals surface area contributed by atoms with Crippen molar-refractivity contribution in [2.75, 3.05) is 11.9 Å². The van der Waals surface area contributed by atoms with E-state index in [9.17, 15) is 19.2 Å². The van der Waals surface area contributed by atoms with Crippen molar-refractivity contribution in [1.82, 2.24) is 10.2 Å². The van der Waals surface area contributed by atoms with Gasteiger partial charge in [0.25, 0.3) is 23.6 Å². The van der Waals surface area contributed by atoms with E-state index in [1.54, 1.807) is 36.4 Å². The Labute approximate surface area is 187 Å². The van der Waals surface area contributed by atoms with Gasteiger partial charge in [0.15, 0.2) is 0 Å². The second-order valence-corrected chi connectivity index (χ2v) is 8.29. The molecule has 0 bridgehead atoms. The lowest BCUT2D eigenvalue weighted by molar-refractivity contribution is 0.0548. The number of hydrogen-bond acceptors (Lipinski definition) is 4. The SMILES string of the molecule is CCCNC(=O)c1ccccc1NC(=O)c1ccc2c(c1)C(=O)N(C1CCCCC1)C2=O. The molecule has 0 radical (unpaired) electrons. The first kappa shape index (κ1) is 21.7.